The van der Waals surface area contributed by atoms with Crippen LogP contribution in [0.1, 0.15) is 55.7 Å². The summed E-state index contributed by atoms with van der Waals surface area (Å²) in [4.78, 5) is 27.5. The van der Waals surface area contributed by atoms with E-state index < -0.39 is 5.69 Å². The number of benzene rings is 1. The lowest BCUT2D eigenvalue weighted by molar-refractivity contribution is 0.386. The van der Waals surface area contributed by atoms with Crippen molar-refractivity contribution < 1.29 is 4.74 Å². The fraction of sp³-hybridized carbons (Fsp3) is 0.455. The fourth-order valence-electron chi connectivity index (χ4n) is 3.72. The first-order chi connectivity index (χ1) is 12.8. The maximum Gasteiger partial charge on any atom is 0.331 e. The number of nitrogens with zero attached hydrogens (tertiary/aromatic N) is 1. The minimum Gasteiger partial charge on any atom is -0.440 e. The molecule has 144 valence electrons. The lowest BCUT2D eigenvalue weighted by Gasteiger charge is -2.19. The van der Waals surface area contributed by atoms with Crippen LogP contribution in [-0.2, 0) is 6.54 Å². The molecule has 1 heterocycles. The molecule has 1 N–H and O–H groups in total. The summed E-state index contributed by atoms with van der Waals surface area (Å²) in [6.07, 6.45) is 7.46. The summed E-state index contributed by atoms with van der Waals surface area (Å²) in [6, 6.07) is 5.91. The Bertz CT molecular complexity index is 946. The van der Waals surface area contributed by atoms with Gasteiger partial charge in [-0.3, -0.25) is 14.3 Å². The van der Waals surface area contributed by atoms with Crippen molar-refractivity contribution in [2.24, 2.45) is 5.92 Å². The Labute approximate surface area is 159 Å². The number of nitrogens with one attached hydrogen (secondary N) is 1. The first kappa shape index (κ1) is 19.2. The Hall–Kier alpha value is -2.56. The first-order valence-electron chi connectivity index (χ1n) is 9.65. The minimum absolute atomic E-state index is 0.0621. The summed E-state index contributed by atoms with van der Waals surface area (Å²) in [5, 5.41) is 0. The molecule has 0 amide bonds. The fourth-order valence-corrected chi connectivity index (χ4v) is 3.72. The Morgan fingerprint density at radius 1 is 1.19 bits per heavy atom. The second-order valence-corrected chi connectivity index (χ2v) is 7.76. The second kappa shape index (κ2) is 7.99. The zero-order chi connectivity index (χ0) is 19.6. The van der Waals surface area contributed by atoms with Gasteiger partial charge in [0.2, 0.25) is 5.88 Å². The van der Waals surface area contributed by atoms with Crippen LogP contribution in [0.3, 0.4) is 0 Å². The Kier molecular flexibility index (Phi) is 5.68. The zero-order valence-corrected chi connectivity index (χ0v) is 16.5. The van der Waals surface area contributed by atoms with E-state index in [4.69, 9.17) is 4.74 Å². The van der Waals surface area contributed by atoms with Gasteiger partial charge in [-0.25, -0.2) is 4.79 Å². The Balaban J connectivity index is 2.05. The molecule has 1 atom stereocenters. The molecular weight excluding hydrogens is 340 g/mol. The van der Waals surface area contributed by atoms with Gasteiger partial charge in [0.05, 0.1) is 5.56 Å². The van der Waals surface area contributed by atoms with E-state index in [1.165, 1.54) is 0 Å². The van der Waals surface area contributed by atoms with E-state index in [0.29, 0.717) is 29.7 Å². The summed E-state index contributed by atoms with van der Waals surface area (Å²) < 4.78 is 7.75. The van der Waals surface area contributed by atoms with Crippen molar-refractivity contribution in [3.05, 3.63) is 67.9 Å². The molecule has 27 heavy (non-hydrogen) atoms. The molecule has 0 bridgehead atoms. The highest BCUT2D eigenvalue weighted by molar-refractivity contribution is 5.38. The number of hydrogen-bond acceptors (Lipinski definition) is 3. The largest absolute Gasteiger partial charge is 0.440 e. The molecule has 3 rings (SSSR count). The predicted octanol–water partition coefficient (Wildman–Crippen LogP) is 4.43. The molecule has 0 saturated carbocycles. The van der Waals surface area contributed by atoms with Crippen LogP contribution < -0.4 is 16.0 Å². The summed E-state index contributed by atoms with van der Waals surface area (Å²) >= 11 is 0. The number of aryl methyl sites for hydroxylation is 2. The van der Waals surface area contributed by atoms with Gasteiger partial charge in [-0.05, 0) is 68.2 Å². The van der Waals surface area contributed by atoms with Crippen LogP contribution in [0.4, 0.5) is 0 Å². The Morgan fingerprint density at radius 3 is 2.48 bits per heavy atom. The standard InChI is InChI=1S/C22H28N2O3/c1-14(2)19-20(25)23-22(26)24(10-9-17-7-5-6-8-17)21(19)27-18-12-15(3)11-16(4)13-18/h5,7,11-14,17H,6,8-10H2,1-4H3,(H,23,25,26). The van der Waals surface area contributed by atoms with Gasteiger partial charge in [0.15, 0.2) is 0 Å². The SMILES string of the molecule is Cc1cc(C)cc(Oc2c(C(C)C)c(=O)[nH]c(=O)n2CCC2C=CCC2)c1. The van der Waals surface area contributed by atoms with E-state index in [-0.39, 0.29) is 11.5 Å². The topological polar surface area (TPSA) is 64.1 Å². The summed E-state index contributed by atoms with van der Waals surface area (Å²) in [6.45, 7) is 8.40. The van der Waals surface area contributed by atoms with Gasteiger partial charge in [-0.2, -0.15) is 0 Å². The van der Waals surface area contributed by atoms with E-state index in [9.17, 15) is 9.59 Å². The average Bonchev–Trinajstić information content (AvgIpc) is 3.06. The number of allylic oxidation sites excluding steroid dienone is 2. The molecule has 1 aliphatic rings. The molecule has 1 aliphatic carbocycles. The molecule has 0 saturated heterocycles. The first-order valence-corrected chi connectivity index (χ1v) is 9.65. The molecule has 0 spiro atoms. The van der Waals surface area contributed by atoms with Crippen LogP contribution in [0.15, 0.2) is 39.9 Å². The van der Waals surface area contributed by atoms with E-state index >= 15 is 0 Å². The van der Waals surface area contributed by atoms with Gasteiger partial charge in [0.1, 0.15) is 5.75 Å². The maximum atomic E-state index is 12.6. The molecule has 5 heteroatoms. The highest BCUT2D eigenvalue weighted by Crippen LogP contribution is 2.29. The van der Waals surface area contributed by atoms with Gasteiger partial charge in [-0.1, -0.05) is 32.1 Å². The van der Waals surface area contributed by atoms with Crippen molar-refractivity contribution in [3.63, 3.8) is 0 Å². The van der Waals surface area contributed by atoms with Gasteiger partial charge in [0, 0.05) is 6.54 Å². The summed E-state index contributed by atoms with van der Waals surface area (Å²) in [7, 11) is 0. The summed E-state index contributed by atoms with van der Waals surface area (Å²) in [5.41, 5.74) is 1.88. The van der Waals surface area contributed by atoms with E-state index in [1.807, 2.05) is 39.8 Å². The molecular formula is C22H28N2O3. The number of H-pyrrole nitrogens is 1. The smallest absolute Gasteiger partial charge is 0.331 e. The van der Waals surface area contributed by atoms with Crippen molar-refractivity contribution in [2.75, 3.05) is 0 Å². The van der Waals surface area contributed by atoms with Gasteiger partial charge in [0.25, 0.3) is 5.56 Å². The third-order valence-corrected chi connectivity index (χ3v) is 5.01. The van der Waals surface area contributed by atoms with Gasteiger partial charge in [-0.15, -0.1) is 0 Å². The van der Waals surface area contributed by atoms with Crippen molar-refractivity contribution >= 4 is 0 Å². The van der Waals surface area contributed by atoms with Crippen molar-refractivity contribution in [3.8, 4) is 11.6 Å². The van der Waals surface area contributed by atoms with Crippen LogP contribution in [0.5, 0.6) is 11.6 Å². The normalized spacial score (nSPS) is 16.3. The van der Waals surface area contributed by atoms with Crippen molar-refractivity contribution in [2.45, 2.75) is 59.4 Å². The lowest BCUT2D eigenvalue weighted by Crippen LogP contribution is -2.34. The number of aromatic amines is 1. The highest BCUT2D eigenvalue weighted by Gasteiger charge is 2.21. The monoisotopic (exact) mass is 368 g/mol. The maximum absolute atomic E-state index is 12.6. The van der Waals surface area contributed by atoms with Crippen molar-refractivity contribution in [1.82, 2.24) is 9.55 Å². The molecule has 1 unspecified atom stereocenters. The second-order valence-electron chi connectivity index (χ2n) is 7.76. The molecule has 1 aromatic carbocycles. The number of ether oxygens (including phenoxy) is 1. The molecule has 0 aliphatic heterocycles. The van der Waals surface area contributed by atoms with Gasteiger partial charge < -0.3 is 4.74 Å². The third kappa shape index (κ3) is 4.41. The van der Waals surface area contributed by atoms with Crippen LogP contribution >= 0.6 is 0 Å². The minimum atomic E-state index is -0.411. The zero-order valence-electron chi connectivity index (χ0n) is 16.5. The molecule has 5 nitrogen and oxygen atoms in total. The average molecular weight is 368 g/mol. The van der Waals surface area contributed by atoms with E-state index in [0.717, 1.165) is 30.4 Å². The molecule has 0 fully saturated rings. The van der Waals surface area contributed by atoms with E-state index in [1.54, 1.807) is 4.57 Å². The van der Waals surface area contributed by atoms with Crippen LogP contribution in [-0.4, -0.2) is 9.55 Å². The lowest BCUT2D eigenvalue weighted by atomic mass is 10.0. The molecule has 2 aromatic rings. The Morgan fingerprint density at radius 2 is 1.89 bits per heavy atom. The number of aromatic nitrogens is 2. The van der Waals surface area contributed by atoms with Crippen LogP contribution in [0.2, 0.25) is 0 Å². The molecule has 1 aromatic heterocycles. The highest BCUT2D eigenvalue weighted by atomic mass is 16.5. The van der Waals surface area contributed by atoms with E-state index in [2.05, 4.69) is 23.2 Å². The number of rotatable bonds is 6. The van der Waals surface area contributed by atoms with Crippen LogP contribution in [0, 0.1) is 19.8 Å². The molecule has 0 radical (unpaired) electrons. The third-order valence-electron chi connectivity index (χ3n) is 5.01. The van der Waals surface area contributed by atoms with Crippen molar-refractivity contribution in [1.29, 1.82) is 0 Å². The van der Waals surface area contributed by atoms with Crippen LogP contribution in [0.25, 0.3) is 0 Å². The predicted molar refractivity (Wildman–Crippen MR) is 108 cm³/mol. The quantitative estimate of drug-likeness (QED) is 0.768. The summed E-state index contributed by atoms with van der Waals surface area (Å²) in [5.74, 6) is 1.42. The van der Waals surface area contributed by atoms with Gasteiger partial charge >= 0.3 is 5.69 Å². The number of hydrogen-bond donors (Lipinski definition) is 1.